The van der Waals surface area contributed by atoms with Crippen molar-refractivity contribution in [1.29, 1.82) is 0 Å². The van der Waals surface area contributed by atoms with E-state index in [0.29, 0.717) is 24.9 Å². The Morgan fingerprint density at radius 2 is 1.96 bits per heavy atom. The second kappa shape index (κ2) is 7.87. The van der Waals surface area contributed by atoms with Gasteiger partial charge >= 0.3 is 0 Å². The fourth-order valence-electron chi connectivity index (χ4n) is 3.32. The molecule has 0 spiro atoms. The van der Waals surface area contributed by atoms with Crippen molar-refractivity contribution < 1.29 is 23.6 Å². The minimum Gasteiger partial charge on any atom is -0.350 e. The van der Waals surface area contributed by atoms with Crippen LogP contribution in [0, 0.1) is 5.82 Å². The average molecular weight is 388 g/mol. The quantitative estimate of drug-likeness (QED) is 0.591. The second-order valence-electron chi connectivity index (χ2n) is 6.84. The van der Waals surface area contributed by atoms with Gasteiger partial charge in [0.2, 0.25) is 5.91 Å². The molecule has 3 amide bonds. The highest BCUT2D eigenvalue weighted by Gasteiger charge is 2.45. The number of hydrogen-bond donors (Lipinski definition) is 1. The van der Waals surface area contributed by atoms with Gasteiger partial charge in [0.15, 0.2) is 6.04 Å². The lowest BCUT2D eigenvalue weighted by Gasteiger charge is -2.40. The topological polar surface area (TPSA) is 99.2 Å². The standard InChI is InChI=1S/C19H21FN4O4/c1-11(25)23(2)14-4-3-9-24-17(14)22-15(16(26)19(24)28)18(27)21-10-12-5-7-13(20)8-6-12/h5-8,14-15H,3-4,9-10H2,1-2H3,(H,21,27). The van der Waals surface area contributed by atoms with Gasteiger partial charge in [-0.2, -0.15) is 0 Å². The highest BCUT2D eigenvalue weighted by molar-refractivity contribution is 6.46. The van der Waals surface area contributed by atoms with E-state index in [1.807, 2.05) is 0 Å². The van der Waals surface area contributed by atoms with Crippen molar-refractivity contribution >= 4 is 29.3 Å². The highest BCUT2D eigenvalue weighted by atomic mass is 19.1. The van der Waals surface area contributed by atoms with Gasteiger partial charge in [0.1, 0.15) is 11.7 Å². The molecule has 1 fully saturated rings. The molecule has 0 aliphatic carbocycles. The summed E-state index contributed by atoms with van der Waals surface area (Å²) in [5, 5.41) is 2.56. The Balaban J connectivity index is 1.81. The van der Waals surface area contributed by atoms with Crippen molar-refractivity contribution in [1.82, 2.24) is 15.1 Å². The molecule has 148 valence electrons. The highest BCUT2D eigenvalue weighted by Crippen LogP contribution is 2.23. The van der Waals surface area contributed by atoms with Crippen LogP contribution in [0.5, 0.6) is 0 Å². The predicted molar refractivity (Wildman–Crippen MR) is 97.7 cm³/mol. The van der Waals surface area contributed by atoms with E-state index in [-0.39, 0.29) is 18.3 Å². The minimum atomic E-state index is -1.49. The first-order valence-electron chi connectivity index (χ1n) is 8.98. The molecule has 9 heteroatoms. The summed E-state index contributed by atoms with van der Waals surface area (Å²) in [4.78, 5) is 56.1. The molecule has 2 heterocycles. The Labute approximate surface area is 161 Å². The molecular weight excluding hydrogens is 367 g/mol. The van der Waals surface area contributed by atoms with Gasteiger partial charge in [0.25, 0.3) is 17.6 Å². The smallest absolute Gasteiger partial charge is 0.298 e. The Bertz CT molecular complexity index is 852. The van der Waals surface area contributed by atoms with E-state index in [2.05, 4.69) is 10.3 Å². The van der Waals surface area contributed by atoms with E-state index in [0.717, 1.165) is 0 Å². The van der Waals surface area contributed by atoms with Crippen molar-refractivity contribution in [2.45, 2.75) is 38.4 Å². The summed E-state index contributed by atoms with van der Waals surface area (Å²) in [5.41, 5.74) is 0.644. The molecule has 1 saturated heterocycles. The van der Waals surface area contributed by atoms with Crippen LogP contribution in [-0.2, 0) is 25.7 Å². The fraction of sp³-hybridized carbons (Fsp3) is 0.421. The van der Waals surface area contributed by atoms with E-state index >= 15 is 0 Å². The second-order valence-corrected chi connectivity index (χ2v) is 6.84. The number of rotatable bonds is 4. The van der Waals surface area contributed by atoms with Gasteiger partial charge in [-0.05, 0) is 30.5 Å². The van der Waals surface area contributed by atoms with Gasteiger partial charge in [0, 0.05) is 27.1 Å². The lowest BCUT2D eigenvalue weighted by Crippen LogP contribution is -2.61. The van der Waals surface area contributed by atoms with Gasteiger partial charge in [0.05, 0.1) is 6.04 Å². The maximum Gasteiger partial charge on any atom is 0.298 e. The molecule has 2 aliphatic heterocycles. The van der Waals surface area contributed by atoms with Crippen LogP contribution in [0.25, 0.3) is 0 Å². The maximum atomic E-state index is 13.0. The van der Waals surface area contributed by atoms with Crippen LogP contribution < -0.4 is 5.32 Å². The number of Topliss-reactive ketones (excluding diaryl/α,β-unsaturated/α-hetero) is 1. The van der Waals surface area contributed by atoms with E-state index in [1.165, 1.54) is 41.0 Å². The number of amidine groups is 1. The lowest BCUT2D eigenvalue weighted by molar-refractivity contribution is -0.146. The number of fused-ring (bicyclic) bond motifs is 1. The SMILES string of the molecule is CC(=O)N(C)C1CCCN2C(=O)C(=O)C(C(=O)NCc3ccc(F)cc3)N=C12. The Hall–Kier alpha value is -3.10. The number of ketones is 1. The monoisotopic (exact) mass is 388 g/mol. The van der Waals surface area contributed by atoms with E-state index in [1.54, 1.807) is 7.05 Å². The van der Waals surface area contributed by atoms with Crippen molar-refractivity contribution in [3.05, 3.63) is 35.6 Å². The van der Waals surface area contributed by atoms with Crippen LogP contribution in [0.1, 0.15) is 25.3 Å². The summed E-state index contributed by atoms with van der Waals surface area (Å²) < 4.78 is 13.0. The van der Waals surface area contributed by atoms with Crippen LogP contribution in [0.15, 0.2) is 29.3 Å². The van der Waals surface area contributed by atoms with Crippen molar-refractivity contribution in [3.63, 3.8) is 0 Å². The molecule has 0 aromatic heterocycles. The zero-order chi connectivity index (χ0) is 20.4. The molecule has 0 saturated carbocycles. The molecule has 1 aromatic carbocycles. The summed E-state index contributed by atoms with van der Waals surface area (Å²) in [6.45, 7) is 1.81. The Kier molecular flexibility index (Phi) is 5.53. The molecule has 1 N–H and O–H groups in total. The van der Waals surface area contributed by atoms with Gasteiger partial charge in [-0.15, -0.1) is 0 Å². The molecule has 2 unspecified atom stereocenters. The van der Waals surface area contributed by atoms with Crippen molar-refractivity contribution in [2.24, 2.45) is 4.99 Å². The third kappa shape index (κ3) is 3.78. The zero-order valence-corrected chi connectivity index (χ0v) is 15.6. The fourth-order valence-corrected chi connectivity index (χ4v) is 3.32. The number of nitrogens with zero attached hydrogens (tertiary/aromatic N) is 3. The number of carbonyl (C=O) groups is 4. The average Bonchev–Trinajstić information content (AvgIpc) is 2.69. The first kappa shape index (κ1) is 19.7. The van der Waals surface area contributed by atoms with Gasteiger partial charge < -0.3 is 10.2 Å². The number of carbonyl (C=O) groups excluding carboxylic acids is 4. The first-order chi connectivity index (χ1) is 13.3. The molecule has 3 rings (SSSR count). The van der Waals surface area contributed by atoms with Gasteiger partial charge in [-0.25, -0.2) is 9.38 Å². The largest absolute Gasteiger partial charge is 0.350 e. The van der Waals surface area contributed by atoms with Crippen molar-refractivity contribution in [2.75, 3.05) is 13.6 Å². The van der Waals surface area contributed by atoms with Gasteiger partial charge in [-0.1, -0.05) is 12.1 Å². The van der Waals surface area contributed by atoms with Gasteiger partial charge in [-0.3, -0.25) is 24.1 Å². The minimum absolute atomic E-state index is 0.0719. The van der Waals surface area contributed by atoms with E-state index in [4.69, 9.17) is 0 Å². The summed E-state index contributed by atoms with van der Waals surface area (Å²) in [6.07, 6.45) is 1.22. The number of benzene rings is 1. The van der Waals surface area contributed by atoms with Crippen LogP contribution in [0.3, 0.4) is 0 Å². The number of nitrogens with one attached hydrogen (secondary N) is 1. The van der Waals surface area contributed by atoms with E-state index < -0.39 is 35.5 Å². The summed E-state index contributed by atoms with van der Waals surface area (Å²) in [7, 11) is 1.60. The molecule has 0 bridgehead atoms. The normalized spacial score (nSPS) is 21.7. The number of halogens is 1. The third-order valence-electron chi connectivity index (χ3n) is 4.99. The summed E-state index contributed by atoms with van der Waals surface area (Å²) in [6, 6.07) is 3.60. The zero-order valence-electron chi connectivity index (χ0n) is 15.6. The first-order valence-corrected chi connectivity index (χ1v) is 8.98. The molecule has 0 radical (unpaired) electrons. The van der Waals surface area contributed by atoms with Crippen LogP contribution in [0.4, 0.5) is 4.39 Å². The predicted octanol–water partition coefficient (Wildman–Crippen LogP) is 0.261. The Morgan fingerprint density at radius 3 is 2.61 bits per heavy atom. The number of hydrogen-bond acceptors (Lipinski definition) is 5. The molecule has 8 nitrogen and oxygen atoms in total. The lowest BCUT2D eigenvalue weighted by atomic mass is 9.98. The Morgan fingerprint density at radius 1 is 1.29 bits per heavy atom. The van der Waals surface area contributed by atoms with Crippen molar-refractivity contribution in [3.8, 4) is 0 Å². The molecular formula is C19H21FN4O4. The molecule has 2 atom stereocenters. The summed E-state index contributed by atoms with van der Waals surface area (Å²) in [5.74, 6) is -2.70. The number of amides is 3. The maximum absolute atomic E-state index is 13.0. The summed E-state index contributed by atoms with van der Waals surface area (Å²) >= 11 is 0. The molecule has 1 aromatic rings. The molecule has 2 aliphatic rings. The van der Waals surface area contributed by atoms with E-state index in [9.17, 15) is 23.6 Å². The van der Waals surface area contributed by atoms with Crippen LogP contribution in [-0.4, -0.2) is 64.8 Å². The number of aliphatic imine (C=N–C) groups is 1. The van der Waals surface area contributed by atoms with Crippen LogP contribution >= 0.6 is 0 Å². The van der Waals surface area contributed by atoms with Crippen LogP contribution in [0.2, 0.25) is 0 Å². The third-order valence-corrected chi connectivity index (χ3v) is 4.99. The molecule has 28 heavy (non-hydrogen) atoms. The number of likely N-dealkylation sites (N-methyl/N-ethyl adjacent to an activating group) is 1. The number of piperidine rings is 1.